The lowest BCUT2D eigenvalue weighted by molar-refractivity contribution is -0.129. The molecular weight excluding hydrogens is 374 g/mol. The molecule has 28 heavy (non-hydrogen) atoms. The molecule has 0 bridgehead atoms. The zero-order valence-electron chi connectivity index (χ0n) is 16.6. The van der Waals surface area contributed by atoms with Gasteiger partial charge in [0.1, 0.15) is 0 Å². The van der Waals surface area contributed by atoms with Gasteiger partial charge in [-0.3, -0.25) is 4.79 Å². The van der Waals surface area contributed by atoms with Crippen LogP contribution in [0, 0.1) is 0 Å². The Bertz CT molecular complexity index is 791. The zero-order chi connectivity index (χ0) is 19.9. The van der Waals surface area contributed by atoms with Gasteiger partial charge in [-0.05, 0) is 54.7 Å². The predicted octanol–water partition coefficient (Wildman–Crippen LogP) is 5.26. The summed E-state index contributed by atoms with van der Waals surface area (Å²) in [7, 11) is 1.66. The minimum atomic E-state index is 0.195. The number of hydrogen-bond donors (Lipinski definition) is 0. The summed E-state index contributed by atoms with van der Waals surface area (Å²) in [6.07, 6.45) is 4.40. The summed E-state index contributed by atoms with van der Waals surface area (Å²) in [4.78, 5) is 14.4. The molecular formula is C23H28ClNO3. The number of benzene rings is 2. The summed E-state index contributed by atoms with van der Waals surface area (Å²) in [5, 5.41) is 0.710. The highest BCUT2D eigenvalue weighted by atomic mass is 35.5. The largest absolute Gasteiger partial charge is 0.493 e. The molecule has 0 spiro atoms. The molecule has 2 aromatic carbocycles. The predicted molar refractivity (Wildman–Crippen MR) is 112 cm³/mol. The number of unbranched alkanes of at least 4 members (excludes halogenated alkanes) is 1. The standard InChI is InChI=1S/C23H28ClNO3/c1-3-4-13-28-22-15-18(7-11-21(22)27-2)14-20-10-12-23(26)25(20)16-17-5-8-19(24)9-6-17/h5-9,11,15,20H,3-4,10,12-14,16H2,1-2H3. The molecule has 1 aliphatic rings. The SMILES string of the molecule is CCCCOc1cc(CC2CCC(=O)N2Cc2ccc(Cl)cc2)ccc1OC. The fraction of sp³-hybridized carbons (Fsp3) is 0.435. The van der Waals surface area contributed by atoms with Crippen LogP contribution in [0.1, 0.15) is 43.7 Å². The maximum Gasteiger partial charge on any atom is 0.223 e. The highest BCUT2D eigenvalue weighted by Crippen LogP contribution is 2.31. The van der Waals surface area contributed by atoms with Crippen LogP contribution < -0.4 is 9.47 Å². The first-order chi connectivity index (χ1) is 13.6. The average Bonchev–Trinajstić information content (AvgIpc) is 3.03. The molecule has 1 amide bonds. The van der Waals surface area contributed by atoms with Crippen LogP contribution in [0.2, 0.25) is 5.02 Å². The number of rotatable bonds is 9. The van der Waals surface area contributed by atoms with E-state index in [4.69, 9.17) is 21.1 Å². The molecule has 0 N–H and O–H groups in total. The molecule has 1 heterocycles. The van der Waals surface area contributed by atoms with E-state index in [2.05, 4.69) is 19.1 Å². The third-order valence-corrected chi connectivity index (χ3v) is 5.43. The third kappa shape index (κ3) is 5.20. The Morgan fingerprint density at radius 1 is 1.11 bits per heavy atom. The lowest BCUT2D eigenvalue weighted by Gasteiger charge is -2.25. The van der Waals surface area contributed by atoms with E-state index < -0.39 is 0 Å². The van der Waals surface area contributed by atoms with E-state index in [0.717, 1.165) is 48.3 Å². The van der Waals surface area contributed by atoms with E-state index in [0.29, 0.717) is 24.6 Å². The van der Waals surface area contributed by atoms with Gasteiger partial charge in [-0.2, -0.15) is 0 Å². The second-order valence-electron chi connectivity index (χ2n) is 7.23. The fourth-order valence-corrected chi connectivity index (χ4v) is 3.69. The quantitative estimate of drug-likeness (QED) is 0.538. The first-order valence-electron chi connectivity index (χ1n) is 9.94. The van der Waals surface area contributed by atoms with Gasteiger partial charge in [0, 0.05) is 24.0 Å². The van der Waals surface area contributed by atoms with Gasteiger partial charge in [0.05, 0.1) is 13.7 Å². The number of halogens is 1. The van der Waals surface area contributed by atoms with Crippen molar-refractivity contribution in [1.82, 2.24) is 4.90 Å². The van der Waals surface area contributed by atoms with Crippen molar-refractivity contribution in [1.29, 1.82) is 0 Å². The van der Waals surface area contributed by atoms with E-state index in [1.165, 1.54) is 0 Å². The average molecular weight is 402 g/mol. The number of likely N-dealkylation sites (tertiary alicyclic amines) is 1. The molecule has 3 rings (SSSR count). The van der Waals surface area contributed by atoms with Crippen LogP contribution in [-0.2, 0) is 17.8 Å². The van der Waals surface area contributed by atoms with Crippen LogP contribution in [-0.4, -0.2) is 30.6 Å². The second kappa shape index (κ2) is 9.83. The zero-order valence-corrected chi connectivity index (χ0v) is 17.4. The van der Waals surface area contributed by atoms with Crippen molar-refractivity contribution in [2.75, 3.05) is 13.7 Å². The molecule has 1 saturated heterocycles. The lowest BCUT2D eigenvalue weighted by Crippen LogP contribution is -2.33. The van der Waals surface area contributed by atoms with Crippen molar-refractivity contribution in [3.05, 3.63) is 58.6 Å². The minimum Gasteiger partial charge on any atom is -0.493 e. The summed E-state index contributed by atoms with van der Waals surface area (Å²) in [5.41, 5.74) is 2.26. The lowest BCUT2D eigenvalue weighted by atomic mass is 10.0. The number of ether oxygens (including phenoxy) is 2. The minimum absolute atomic E-state index is 0.195. The topological polar surface area (TPSA) is 38.8 Å². The Morgan fingerprint density at radius 2 is 1.86 bits per heavy atom. The van der Waals surface area contributed by atoms with Gasteiger partial charge in [0.2, 0.25) is 5.91 Å². The van der Waals surface area contributed by atoms with Crippen molar-refractivity contribution in [3.8, 4) is 11.5 Å². The van der Waals surface area contributed by atoms with E-state index in [1.807, 2.05) is 35.2 Å². The molecule has 0 aliphatic carbocycles. The van der Waals surface area contributed by atoms with Crippen molar-refractivity contribution < 1.29 is 14.3 Å². The van der Waals surface area contributed by atoms with E-state index >= 15 is 0 Å². The van der Waals surface area contributed by atoms with Gasteiger partial charge in [-0.15, -0.1) is 0 Å². The van der Waals surface area contributed by atoms with Crippen molar-refractivity contribution in [2.24, 2.45) is 0 Å². The Hall–Kier alpha value is -2.20. The molecule has 1 fully saturated rings. The highest BCUT2D eigenvalue weighted by Gasteiger charge is 2.31. The van der Waals surface area contributed by atoms with Crippen LogP contribution >= 0.6 is 11.6 Å². The first kappa shape index (κ1) is 20.5. The Balaban J connectivity index is 1.71. The van der Waals surface area contributed by atoms with Crippen LogP contribution in [0.5, 0.6) is 11.5 Å². The Kier molecular flexibility index (Phi) is 7.21. The second-order valence-corrected chi connectivity index (χ2v) is 7.67. The first-order valence-corrected chi connectivity index (χ1v) is 10.3. The fourth-order valence-electron chi connectivity index (χ4n) is 3.57. The summed E-state index contributed by atoms with van der Waals surface area (Å²) < 4.78 is 11.3. The van der Waals surface area contributed by atoms with Crippen LogP contribution in [0.25, 0.3) is 0 Å². The number of carbonyl (C=O) groups is 1. The van der Waals surface area contributed by atoms with Crippen molar-refractivity contribution >= 4 is 17.5 Å². The van der Waals surface area contributed by atoms with E-state index in [-0.39, 0.29) is 11.9 Å². The number of methoxy groups -OCH3 is 1. The van der Waals surface area contributed by atoms with Crippen molar-refractivity contribution in [2.45, 2.75) is 51.6 Å². The van der Waals surface area contributed by atoms with Crippen LogP contribution in [0.4, 0.5) is 0 Å². The molecule has 5 heteroatoms. The number of amides is 1. The molecule has 150 valence electrons. The summed E-state index contributed by atoms with van der Waals surface area (Å²) in [5.74, 6) is 1.75. The Labute approximate surface area is 172 Å². The van der Waals surface area contributed by atoms with Gasteiger partial charge in [0.15, 0.2) is 11.5 Å². The number of nitrogens with zero attached hydrogens (tertiary/aromatic N) is 1. The van der Waals surface area contributed by atoms with Crippen molar-refractivity contribution in [3.63, 3.8) is 0 Å². The van der Waals surface area contributed by atoms with E-state index in [9.17, 15) is 4.79 Å². The van der Waals surface area contributed by atoms with Gasteiger partial charge in [0.25, 0.3) is 0 Å². The van der Waals surface area contributed by atoms with Gasteiger partial charge in [-0.25, -0.2) is 0 Å². The molecule has 1 aliphatic heterocycles. The number of carbonyl (C=O) groups excluding carboxylic acids is 1. The molecule has 0 radical (unpaired) electrons. The Morgan fingerprint density at radius 3 is 2.57 bits per heavy atom. The molecule has 1 unspecified atom stereocenters. The normalized spacial score (nSPS) is 16.5. The van der Waals surface area contributed by atoms with Gasteiger partial charge >= 0.3 is 0 Å². The molecule has 4 nitrogen and oxygen atoms in total. The maximum atomic E-state index is 12.4. The third-order valence-electron chi connectivity index (χ3n) is 5.17. The molecule has 0 aromatic heterocycles. The van der Waals surface area contributed by atoms with Crippen LogP contribution in [0.3, 0.4) is 0 Å². The molecule has 0 saturated carbocycles. The maximum absolute atomic E-state index is 12.4. The molecule has 2 aromatic rings. The summed E-state index contributed by atoms with van der Waals surface area (Å²) in [6, 6.07) is 14.0. The van der Waals surface area contributed by atoms with Gasteiger partial charge in [-0.1, -0.05) is 43.1 Å². The number of hydrogen-bond acceptors (Lipinski definition) is 3. The van der Waals surface area contributed by atoms with Gasteiger partial charge < -0.3 is 14.4 Å². The summed E-state index contributed by atoms with van der Waals surface area (Å²) >= 11 is 5.98. The smallest absolute Gasteiger partial charge is 0.223 e. The monoisotopic (exact) mass is 401 g/mol. The summed E-state index contributed by atoms with van der Waals surface area (Å²) in [6.45, 7) is 3.45. The highest BCUT2D eigenvalue weighted by molar-refractivity contribution is 6.30. The van der Waals surface area contributed by atoms with Crippen LogP contribution in [0.15, 0.2) is 42.5 Å². The molecule has 1 atom stereocenters. The van der Waals surface area contributed by atoms with E-state index in [1.54, 1.807) is 7.11 Å².